The van der Waals surface area contributed by atoms with Gasteiger partial charge in [0.15, 0.2) is 0 Å². The third-order valence-corrected chi connectivity index (χ3v) is 4.35. The van der Waals surface area contributed by atoms with Crippen LogP contribution in [0.2, 0.25) is 5.02 Å². The maximum absolute atomic E-state index is 11.7. The molecule has 0 atom stereocenters. The zero-order chi connectivity index (χ0) is 14.0. The molecule has 0 aliphatic carbocycles. The number of ether oxygens (including phenoxy) is 1. The lowest BCUT2D eigenvalue weighted by Crippen LogP contribution is -2.39. The van der Waals surface area contributed by atoms with Crippen molar-refractivity contribution in [3.8, 4) is 0 Å². The Bertz CT molecular complexity index is 478. The van der Waals surface area contributed by atoms with Crippen molar-refractivity contribution in [1.29, 1.82) is 0 Å². The van der Waals surface area contributed by atoms with Gasteiger partial charge in [0, 0.05) is 26.7 Å². The van der Waals surface area contributed by atoms with Crippen molar-refractivity contribution in [2.45, 2.75) is 32.6 Å². The normalized spacial score (nSPS) is 18.5. The maximum Gasteiger partial charge on any atom is 0.310 e. The van der Waals surface area contributed by atoms with Gasteiger partial charge in [0.05, 0.1) is 21.8 Å². The predicted octanol–water partition coefficient (Wildman–Crippen LogP) is 2.06. The van der Waals surface area contributed by atoms with E-state index in [2.05, 4.69) is 5.10 Å². The number of carboxylic acids is 1. The van der Waals surface area contributed by atoms with Crippen molar-refractivity contribution >= 4 is 17.6 Å². The highest BCUT2D eigenvalue weighted by Crippen LogP contribution is 2.37. The van der Waals surface area contributed by atoms with E-state index in [0.717, 1.165) is 17.8 Å². The quantitative estimate of drug-likeness (QED) is 0.920. The molecule has 2 heterocycles. The van der Waals surface area contributed by atoms with Crippen LogP contribution in [-0.4, -0.2) is 34.1 Å². The topological polar surface area (TPSA) is 64.4 Å². The van der Waals surface area contributed by atoms with Gasteiger partial charge in [0.2, 0.25) is 0 Å². The van der Waals surface area contributed by atoms with Gasteiger partial charge in [0.1, 0.15) is 0 Å². The molecule has 5 nitrogen and oxygen atoms in total. The average molecular weight is 287 g/mol. The summed E-state index contributed by atoms with van der Waals surface area (Å²) >= 11 is 6.31. The summed E-state index contributed by atoms with van der Waals surface area (Å²) in [5.74, 6) is -0.772. The number of carboxylic acid groups (broad SMARTS) is 1. The van der Waals surface area contributed by atoms with Gasteiger partial charge >= 0.3 is 5.97 Å². The van der Waals surface area contributed by atoms with Crippen LogP contribution in [0.3, 0.4) is 0 Å². The fourth-order valence-electron chi connectivity index (χ4n) is 2.56. The molecule has 0 radical (unpaired) electrons. The highest BCUT2D eigenvalue weighted by Gasteiger charge is 2.41. The Morgan fingerprint density at radius 1 is 1.53 bits per heavy atom. The zero-order valence-electron chi connectivity index (χ0n) is 11.3. The van der Waals surface area contributed by atoms with Gasteiger partial charge in [-0.3, -0.25) is 9.48 Å². The Kier molecular flexibility index (Phi) is 4.16. The summed E-state index contributed by atoms with van der Waals surface area (Å²) in [5, 5.41) is 14.5. The molecule has 1 saturated heterocycles. The standard InChI is InChI=1S/C13H19ClN2O3/c1-3-9-11(14)10(16(2)15-9)8-13(12(17)18)4-6-19-7-5-13/h3-8H2,1-2H3,(H,17,18). The number of rotatable bonds is 4. The molecule has 1 fully saturated rings. The first-order valence-corrected chi connectivity index (χ1v) is 6.89. The van der Waals surface area contributed by atoms with E-state index in [1.54, 1.807) is 4.68 Å². The average Bonchev–Trinajstić information content (AvgIpc) is 2.67. The Hall–Kier alpha value is -1.07. The van der Waals surface area contributed by atoms with E-state index in [9.17, 15) is 9.90 Å². The molecule has 1 N–H and O–H groups in total. The molecule has 19 heavy (non-hydrogen) atoms. The number of hydrogen-bond donors (Lipinski definition) is 1. The van der Waals surface area contributed by atoms with E-state index in [1.165, 1.54) is 0 Å². The second-order valence-electron chi connectivity index (χ2n) is 5.06. The fraction of sp³-hybridized carbons (Fsp3) is 0.692. The van der Waals surface area contributed by atoms with Gasteiger partial charge in [-0.1, -0.05) is 18.5 Å². The summed E-state index contributed by atoms with van der Waals surface area (Å²) in [6.45, 7) is 2.96. The molecule has 0 saturated carbocycles. The van der Waals surface area contributed by atoms with E-state index in [1.807, 2.05) is 14.0 Å². The third-order valence-electron chi connectivity index (χ3n) is 3.91. The monoisotopic (exact) mass is 286 g/mol. The molecule has 0 unspecified atom stereocenters. The first-order valence-electron chi connectivity index (χ1n) is 6.51. The Morgan fingerprint density at radius 3 is 2.63 bits per heavy atom. The minimum Gasteiger partial charge on any atom is -0.481 e. The van der Waals surface area contributed by atoms with Crippen LogP contribution in [-0.2, 0) is 29.4 Å². The fourth-order valence-corrected chi connectivity index (χ4v) is 2.92. The lowest BCUT2D eigenvalue weighted by Gasteiger charge is -2.33. The number of halogens is 1. The Morgan fingerprint density at radius 2 is 2.16 bits per heavy atom. The SMILES string of the molecule is CCc1nn(C)c(CC2(C(=O)O)CCOCC2)c1Cl. The van der Waals surface area contributed by atoms with Gasteiger partial charge < -0.3 is 9.84 Å². The number of aromatic nitrogens is 2. The summed E-state index contributed by atoms with van der Waals surface area (Å²) in [6.07, 6.45) is 2.19. The van der Waals surface area contributed by atoms with Crippen LogP contribution in [0.5, 0.6) is 0 Å². The van der Waals surface area contributed by atoms with Crippen molar-refractivity contribution in [2.75, 3.05) is 13.2 Å². The smallest absolute Gasteiger partial charge is 0.310 e. The van der Waals surface area contributed by atoms with E-state index >= 15 is 0 Å². The molecule has 0 aromatic carbocycles. The number of nitrogens with zero attached hydrogens (tertiary/aromatic N) is 2. The van der Waals surface area contributed by atoms with Gasteiger partial charge in [-0.25, -0.2) is 0 Å². The van der Waals surface area contributed by atoms with Crippen molar-refractivity contribution in [2.24, 2.45) is 12.5 Å². The molecule has 1 aromatic rings. The second kappa shape index (κ2) is 5.51. The van der Waals surface area contributed by atoms with E-state index < -0.39 is 11.4 Å². The lowest BCUT2D eigenvalue weighted by atomic mass is 9.76. The largest absolute Gasteiger partial charge is 0.481 e. The number of carbonyl (C=O) groups is 1. The molecule has 0 bridgehead atoms. The van der Waals surface area contributed by atoms with Crippen LogP contribution in [0, 0.1) is 5.41 Å². The van der Waals surface area contributed by atoms with Crippen molar-refractivity contribution in [1.82, 2.24) is 9.78 Å². The Balaban J connectivity index is 2.32. The minimum atomic E-state index is -0.777. The molecule has 1 aromatic heterocycles. The Labute approximate surface area is 117 Å². The van der Waals surface area contributed by atoms with Crippen LogP contribution < -0.4 is 0 Å². The molecular formula is C13H19ClN2O3. The molecule has 0 spiro atoms. The van der Waals surface area contributed by atoms with E-state index in [4.69, 9.17) is 16.3 Å². The first kappa shape index (κ1) is 14.3. The van der Waals surface area contributed by atoms with Gasteiger partial charge in [-0.15, -0.1) is 0 Å². The van der Waals surface area contributed by atoms with Crippen LogP contribution >= 0.6 is 11.6 Å². The summed E-state index contributed by atoms with van der Waals surface area (Å²) in [7, 11) is 1.81. The molecule has 1 aliphatic heterocycles. The van der Waals surface area contributed by atoms with Crippen LogP contribution in [0.1, 0.15) is 31.2 Å². The second-order valence-corrected chi connectivity index (χ2v) is 5.44. The highest BCUT2D eigenvalue weighted by molar-refractivity contribution is 6.31. The molecule has 1 aliphatic rings. The number of aliphatic carboxylic acids is 1. The molecule has 6 heteroatoms. The predicted molar refractivity (Wildman–Crippen MR) is 71.4 cm³/mol. The molecule has 2 rings (SSSR count). The van der Waals surface area contributed by atoms with Crippen LogP contribution in [0.4, 0.5) is 0 Å². The third kappa shape index (κ3) is 2.62. The van der Waals surface area contributed by atoms with E-state index in [0.29, 0.717) is 37.5 Å². The summed E-state index contributed by atoms with van der Waals surface area (Å²) in [5.41, 5.74) is 0.857. The first-order chi connectivity index (χ1) is 9.00. The van der Waals surface area contributed by atoms with E-state index in [-0.39, 0.29) is 0 Å². The van der Waals surface area contributed by atoms with Gasteiger partial charge in [-0.05, 0) is 19.3 Å². The molecular weight excluding hydrogens is 268 g/mol. The number of aryl methyl sites for hydroxylation is 2. The summed E-state index contributed by atoms with van der Waals surface area (Å²) < 4.78 is 6.99. The van der Waals surface area contributed by atoms with Crippen molar-refractivity contribution in [3.05, 3.63) is 16.4 Å². The van der Waals surface area contributed by atoms with Crippen molar-refractivity contribution in [3.63, 3.8) is 0 Å². The van der Waals surface area contributed by atoms with Gasteiger partial charge in [-0.2, -0.15) is 5.10 Å². The maximum atomic E-state index is 11.7. The summed E-state index contributed by atoms with van der Waals surface area (Å²) in [4.78, 5) is 11.7. The zero-order valence-corrected chi connectivity index (χ0v) is 12.0. The van der Waals surface area contributed by atoms with Crippen molar-refractivity contribution < 1.29 is 14.6 Å². The number of hydrogen-bond acceptors (Lipinski definition) is 3. The summed E-state index contributed by atoms with van der Waals surface area (Å²) in [6, 6.07) is 0. The highest BCUT2D eigenvalue weighted by atomic mass is 35.5. The van der Waals surface area contributed by atoms with Gasteiger partial charge in [0.25, 0.3) is 0 Å². The van der Waals surface area contributed by atoms with Crippen LogP contribution in [0.25, 0.3) is 0 Å². The molecule has 0 amide bonds. The lowest BCUT2D eigenvalue weighted by molar-refractivity contribution is -0.154. The molecule has 106 valence electrons. The van der Waals surface area contributed by atoms with Crippen LogP contribution in [0.15, 0.2) is 0 Å². The minimum absolute atomic E-state index is 0.411.